The molecule has 1 fully saturated rings. The molecular weight excluding hydrogens is 160 g/mol. The van der Waals surface area contributed by atoms with Crippen LogP contribution in [0.5, 0.6) is 0 Å². The molecule has 0 saturated heterocycles. The van der Waals surface area contributed by atoms with E-state index in [9.17, 15) is 0 Å². The zero-order chi connectivity index (χ0) is 9.10. The molecule has 1 aromatic rings. The minimum atomic E-state index is 0.462. The molecule has 0 unspecified atom stereocenters. The molecule has 2 nitrogen and oxygen atoms in total. The van der Waals surface area contributed by atoms with Crippen LogP contribution in [0, 0.1) is 5.92 Å². The van der Waals surface area contributed by atoms with Crippen LogP contribution in [-0.4, -0.2) is 11.5 Å². The number of aromatic nitrogens is 1. The molecule has 0 aromatic carbocycles. The maximum absolute atomic E-state index is 4.01. The molecule has 2 rings (SSSR count). The quantitative estimate of drug-likeness (QED) is 0.760. The number of hydrogen-bond acceptors (Lipinski definition) is 2. The topological polar surface area (TPSA) is 24.9 Å². The number of rotatable bonds is 4. The lowest BCUT2D eigenvalue weighted by Gasteiger charge is -2.13. The molecule has 1 aromatic heterocycles. The van der Waals surface area contributed by atoms with Gasteiger partial charge in [-0.1, -0.05) is 0 Å². The zero-order valence-electron chi connectivity index (χ0n) is 8.03. The fourth-order valence-electron chi connectivity index (χ4n) is 1.44. The zero-order valence-corrected chi connectivity index (χ0v) is 8.03. The smallest absolute Gasteiger partial charge is 0.0293 e. The Bertz CT molecular complexity index is 254. The molecule has 1 atom stereocenters. The minimum absolute atomic E-state index is 0.462. The van der Waals surface area contributed by atoms with Crippen molar-refractivity contribution in [3.63, 3.8) is 0 Å². The van der Waals surface area contributed by atoms with Gasteiger partial charge in [0.15, 0.2) is 0 Å². The van der Waals surface area contributed by atoms with Crippen molar-refractivity contribution in [3.05, 3.63) is 30.1 Å². The lowest BCUT2D eigenvalue weighted by molar-refractivity contribution is 0.548. The second-order valence-corrected chi connectivity index (χ2v) is 3.85. The highest BCUT2D eigenvalue weighted by atomic mass is 14.9. The summed E-state index contributed by atoms with van der Waals surface area (Å²) in [6.07, 6.45) is 6.53. The van der Waals surface area contributed by atoms with Crippen LogP contribution in [0.3, 0.4) is 0 Å². The largest absolute Gasteiger partial charge is 0.310 e. The van der Waals surface area contributed by atoms with Gasteiger partial charge in [0, 0.05) is 18.4 Å². The van der Waals surface area contributed by atoms with Crippen LogP contribution in [0.1, 0.15) is 31.4 Å². The first-order chi connectivity index (χ1) is 6.36. The highest BCUT2D eigenvalue weighted by Gasteiger charge is 2.21. The molecular formula is C11H16N2. The molecule has 0 aliphatic heterocycles. The highest BCUT2D eigenvalue weighted by Crippen LogP contribution is 2.28. The van der Waals surface area contributed by atoms with Crippen LogP contribution >= 0.6 is 0 Å². The first kappa shape index (κ1) is 8.70. The Labute approximate surface area is 79.4 Å². The molecule has 1 saturated carbocycles. The fraction of sp³-hybridized carbons (Fsp3) is 0.545. The van der Waals surface area contributed by atoms with Crippen molar-refractivity contribution in [2.24, 2.45) is 5.92 Å². The van der Waals surface area contributed by atoms with E-state index >= 15 is 0 Å². The molecule has 2 heteroatoms. The van der Waals surface area contributed by atoms with E-state index in [-0.39, 0.29) is 0 Å². The maximum Gasteiger partial charge on any atom is 0.0293 e. The predicted octanol–water partition coefficient (Wildman–Crippen LogP) is 2.14. The minimum Gasteiger partial charge on any atom is -0.310 e. The van der Waals surface area contributed by atoms with Gasteiger partial charge in [0.1, 0.15) is 0 Å². The predicted molar refractivity (Wildman–Crippen MR) is 53.4 cm³/mol. The van der Waals surface area contributed by atoms with Crippen LogP contribution in [-0.2, 0) is 0 Å². The standard InChI is InChI=1S/C11H16N2/c1-9(13-8-10-2-3-10)11-4-6-12-7-5-11/h4-7,9-10,13H,2-3,8H2,1H3/t9-/m0/s1. The van der Waals surface area contributed by atoms with Crippen molar-refractivity contribution >= 4 is 0 Å². The van der Waals surface area contributed by atoms with Gasteiger partial charge in [-0.15, -0.1) is 0 Å². The van der Waals surface area contributed by atoms with E-state index in [1.54, 1.807) is 0 Å². The van der Waals surface area contributed by atoms with Gasteiger partial charge in [-0.3, -0.25) is 4.98 Å². The normalized spacial score (nSPS) is 18.5. The SMILES string of the molecule is C[C@H](NCC1CC1)c1ccncc1. The van der Waals surface area contributed by atoms with Gasteiger partial charge < -0.3 is 5.32 Å². The van der Waals surface area contributed by atoms with E-state index in [2.05, 4.69) is 29.4 Å². The highest BCUT2D eigenvalue weighted by molar-refractivity contribution is 5.13. The Morgan fingerprint density at radius 2 is 2.15 bits per heavy atom. The van der Waals surface area contributed by atoms with Crippen molar-refractivity contribution in [1.29, 1.82) is 0 Å². The summed E-state index contributed by atoms with van der Waals surface area (Å²) >= 11 is 0. The lowest BCUT2D eigenvalue weighted by atomic mass is 10.1. The molecule has 0 spiro atoms. The summed E-state index contributed by atoms with van der Waals surface area (Å²) in [6.45, 7) is 3.38. The number of hydrogen-bond donors (Lipinski definition) is 1. The van der Waals surface area contributed by atoms with E-state index in [4.69, 9.17) is 0 Å². The lowest BCUT2D eigenvalue weighted by Crippen LogP contribution is -2.20. The molecule has 1 heterocycles. The third kappa shape index (κ3) is 2.52. The Morgan fingerprint density at radius 1 is 1.46 bits per heavy atom. The van der Waals surface area contributed by atoms with Crippen molar-refractivity contribution < 1.29 is 0 Å². The molecule has 0 radical (unpaired) electrons. The molecule has 1 aliphatic rings. The summed E-state index contributed by atoms with van der Waals surface area (Å²) in [5.41, 5.74) is 1.33. The second kappa shape index (κ2) is 3.88. The van der Waals surface area contributed by atoms with Gasteiger partial charge >= 0.3 is 0 Å². The number of nitrogens with zero attached hydrogens (tertiary/aromatic N) is 1. The fourth-order valence-corrected chi connectivity index (χ4v) is 1.44. The first-order valence-electron chi connectivity index (χ1n) is 4.99. The van der Waals surface area contributed by atoms with Crippen LogP contribution < -0.4 is 5.32 Å². The third-order valence-electron chi connectivity index (χ3n) is 2.62. The monoisotopic (exact) mass is 176 g/mol. The summed E-state index contributed by atoms with van der Waals surface area (Å²) in [5.74, 6) is 0.948. The van der Waals surface area contributed by atoms with E-state index < -0.39 is 0 Å². The Morgan fingerprint density at radius 3 is 2.77 bits per heavy atom. The molecule has 0 bridgehead atoms. The summed E-state index contributed by atoms with van der Waals surface area (Å²) < 4.78 is 0. The Hall–Kier alpha value is -0.890. The molecule has 1 N–H and O–H groups in total. The second-order valence-electron chi connectivity index (χ2n) is 3.85. The average molecular weight is 176 g/mol. The number of nitrogens with one attached hydrogen (secondary N) is 1. The van der Waals surface area contributed by atoms with Crippen molar-refractivity contribution in [2.75, 3.05) is 6.54 Å². The van der Waals surface area contributed by atoms with Crippen molar-refractivity contribution in [1.82, 2.24) is 10.3 Å². The summed E-state index contributed by atoms with van der Waals surface area (Å²) in [4.78, 5) is 4.01. The van der Waals surface area contributed by atoms with Gasteiger partial charge in [-0.05, 0) is 49.9 Å². The molecule has 13 heavy (non-hydrogen) atoms. The van der Waals surface area contributed by atoms with Crippen molar-refractivity contribution in [3.8, 4) is 0 Å². The van der Waals surface area contributed by atoms with Crippen LogP contribution in [0.15, 0.2) is 24.5 Å². The maximum atomic E-state index is 4.01. The third-order valence-corrected chi connectivity index (χ3v) is 2.62. The molecule has 1 aliphatic carbocycles. The van der Waals surface area contributed by atoms with Gasteiger partial charge in [0.2, 0.25) is 0 Å². The van der Waals surface area contributed by atoms with Gasteiger partial charge in [-0.2, -0.15) is 0 Å². The summed E-state index contributed by atoms with van der Waals surface area (Å²) in [5, 5.41) is 3.53. The van der Waals surface area contributed by atoms with E-state index in [0.717, 1.165) is 5.92 Å². The van der Waals surface area contributed by atoms with Gasteiger partial charge in [0.05, 0.1) is 0 Å². The van der Waals surface area contributed by atoms with Crippen LogP contribution in [0.25, 0.3) is 0 Å². The van der Waals surface area contributed by atoms with Gasteiger partial charge in [-0.25, -0.2) is 0 Å². The van der Waals surface area contributed by atoms with Crippen LogP contribution in [0.4, 0.5) is 0 Å². The Balaban J connectivity index is 1.85. The first-order valence-corrected chi connectivity index (χ1v) is 4.99. The average Bonchev–Trinajstić information content (AvgIpc) is 2.99. The van der Waals surface area contributed by atoms with Gasteiger partial charge in [0.25, 0.3) is 0 Å². The summed E-state index contributed by atoms with van der Waals surface area (Å²) in [7, 11) is 0. The molecule has 0 amide bonds. The van der Waals surface area contributed by atoms with E-state index in [0.29, 0.717) is 6.04 Å². The number of pyridine rings is 1. The van der Waals surface area contributed by atoms with Crippen LogP contribution in [0.2, 0.25) is 0 Å². The molecule has 70 valence electrons. The summed E-state index contributed by atoms with van der Waals surface area (Å²) in [6, 6.07) is 4.61. The van der Waals surface area contributed by atoms with E-state index in [1.165, 1.54) is 24.9 Å². The van der Waals surface area contributed by atoms with E-state index in [1.807, 2.05) is 12.4 Å². The van der Waals surface area contributed by atoms with Crippen molar-refractivity contribution in [2.45, 2.75) is 25.8 Å². The Kier molecular flexibility index (Phi) is 2.60.